The topological polar surface area (TPSA) is 54.3 Å². The van der Waals surface area contributed by atoms with Gasteiger partial charge in [0.25, 0.3) is 0 Å². The molecule has 20 heavy (non-hydrogen) atoms. The van der Waals surface area contributed by atoms with E-state index in [9.17, 15) is 4.79 Å². The van der Waals surface area contributed by atoms with E-state index >= 15 is 0 Å². The molecule has 0 fully saturated rings. The number of nitrogens with zero attached hydrogens (tertiary/aromatic N) is 1. The van der Waals surface area contributed by atoms with Crippen molar-refractivity contribution in [3.05, 3.63) is 36.0 Å². The molecule has 2 aromatic rings. The van der Waals surface area contributed by atoms with E-state index in [0.29, 0.717) is 6.42 Å². The maximum absolute atomic E-state index is 11.9. The van der Waals surface area contributed by atoms with Crippen molar-refractivity contribution >= 4 is 16.8 Å². The van der Waals surface area contributed by atoms with Crippen LogP contribution < -0.4 is 5.32 Å². The molecule has 4 heteroatoms. The van der Waals surface area contributed by atoms with Crippen LogP contribution in [0.15, 0.2) is 30.5 Å². The number of para-hydroxylation sites is 1. The Hall–Kier alpha value is -1.81. The van der Waals surface area contributed by atoms with Crippen molar-refractivity contribution in [2.45, 2.75) is 32.2 Å². The number of amides is 1. The number of aromatic nitrogens is 1. The monoisotopic (exact) mass is 274 g/mol. The number of aryl methyl sites for hydroxylation is 2. The van der Waals surface area contributed by atoms with Crippen LogP contribution in [0.3, 0.4) is 0 Å². The Balaban J connectivity index is 2.01. The van der Waals surface area contributed by atoms with E-state index in [0.717, 1.165) is 12.8 Å². The fourth-order valence-electron chi connectivity index (χ4n) is 2.45. The van der Waals surface area contributed by atoms with Crippen LogP contribution in [0.1, 0.15) is 25.3 Å². The highest BCUT2D eigenvalue weighted by Gasteiger charge is 2.11. The number of aliphatic hydroxyl groups is 1. The quantitative estimate of drug-likeness (QED) is 0.846. The summed E-state index contributed by atoms with van der Waals surface area (Å²) in [6.45, 7) is 1.95. The summed E-state index contributed by atoms with van der Waals surface area (Å²) in [7, 11) is 2.02. The van der Waals surface area contributed by atoms with Crippen LogP contribution in [0.25, 0.3) is 10.9 Å². The van der Waals surface area contributed by atoms with Crippen molar-refractivity contribution < 1.29 is 9.90 Å². The Morgan fingerprint density at radius 3 is 2.85 bits per heavy atom. The molecule has 2 N–H and O–H groups in total. The number of carbonyl (C=O) groups excluding carboxylic acids is 1. The van der Waals surface area contributed by atoms with Crippen molar-refractivity contribution in [1.29, 1.82) is 0 Å². The summed E-state index contributed by atoms with van der Waals surface area (Å²) in [5.74, 6) is -0.00108. The maximum atomic E-state index is 11.9. The first-order valence-electron chi connectivity index (χ1n) is 7.08. The van der Waals surface area contributed by atoms with Crippen LogP contribution in [0.4, 0.5) is 0 Å². The molecular formula is C16H22N2O2. The summed E-state index contributed by atoms with van der Waals surface area (Å²) >= 11 is 0. The molecule has 1 amide bonds. The highest BCUT2D eigenvalue weighted by atomic mass is 16.3. The zero-order valence-electron chi connectivity index (χ0n) is 12.1. The number of rotatable bonds is 6. The van der Waals surface area contributed by atoms with E-state index < -0.39 is 0 Å². The van der Waals surface area contributed by atoms with Gasteiger partial charge in [0, 0.05) is 30.6 Å². The third-order valence-electron chi connectivity index (χ3n) is 3.68. The summed E-state index contributed by atoms with van der Waals surface area (Å²) in [5, 5.41) is 13.1. The smallest absolute Gasteiger partial charge is 0.220 e. The zero-order valence-corrected chi connectivity index (χ0v) is 12.1. The molecule has 2 rings (SSSR count). The highest BCUT2D eigenvalue weighted by Crippen LogP contribution is 2.21. The highest BCUT2D eigenvalue weighted by molar-refractivity contribution is 5.85. The molecule has 1 aromatic carbocycles. The van der Waals surface area contributed by atoms with Gasteiger partial charge in [0.2, 0.25) is 5.91 Å². The molecule has 0 aliphatic carbocycles. The molecule has 1 atom stereocenters. The minimum absolute atomic E-state index is 0.00108. The molecule has 0 bridgehead atoms. The number of hydrogen-bond acceptors (Lipinski definition) is 2. The second kappa shape index (κ2) is 6.57. The Bertz CT molecular complexity index is 585. The van der Waals surface area contributed by atoms with Crippen LogP contribution >= 0.6 is 0 Å². The van der Waals surface area contributed by atoms with E-state index in [1.807, 2.05) is 26.1 Å². The lowest BCUT2D eigenvalue weighted by molar-refractivity contribution is -0.122. The number of carbonyl (C=O) groups is 1. The van der Waals surface area contributed by atoms with Gasteiger partial charge in [-0.2, -0.15) is 0 Å². The van der Waals surface area contributed by atoms with E-state index in [1.54, 1.807) is 0 Å². The van der Waals surface area contributed by atoms with Gasteiger partial charge in [-0.1, -0.05) is 25.1 Å². The SMILES string of the molecule is CCC(CO)NC(=O)CCc1cn(C)c2ccccc12. The van der Waals surface area contributed by atoms with E-state index in [1.165, 1.54) is 16.5 Å². The third kappa shape index (κ3) is 3.20. The minimum Gasteiger partial charge on any atom is -0.394 e. The molecule has 1 aromatic heterocycles. The van der Waals surface area contributed by atoms with Crippen LogP contribution in [0.2, 0.25) is 0 Å². The van der Waals surface area contributed by atoms with Crippen LogP contribution in [0.5, 0.6) is 0 Å². The molecule has 0 saturated heterocycles. The van der Waals surface area contributed by atoms with E-state index in [2.05, 4.69) is 28.2 Å². The fourth-order valence-corrected chi connectivity index (χ4v) is 2.45. The number of nitrogens with one attached hydrogen (secondary N) is 1. The lowest BCUT2D eigenvalue weighted by Crippen LogP contribution is -2.36. The summed E-state index contributed by atoms with van der Waals surface area (Å²) in [4.78, 5) is 11.9. The van der Waals surface area contributed by atoms with Crippen LogP contribution in [-0.2, 0) is 18.3 Å². The van der Waals surface area contributed by atoms with Gasteiger partial charge in [-0.15, -0.1) is 0 Å². The van der Waals surface area contributed by atoms with Gasteiger partial charge in [-0.05, 0) is 24.5 Å². The normalized spacial score (nSPS) is 12.6. The molecule has 108 valence electrons. The molecule has 1 heterocycles. The Labute approximate surface area is 119 Å². The molecule has 4 nitrogen and oxygen atoms in total. The van der Waals surface area contributed by atoms with Crippen LogP contribution in [-0.4, -0.2) is 28.2 Å². The fraction of sp³-hybridized carbons (Fsp3) is 0.438. The summed E-state index contributed by atoms with van der Waals surface area (Å²) in [6.07, 6.45) is 4.00. The summed E-state index contributed by atoms with van der Waals surface area (Å²) in [6, 6.07) is 8.08. The van der Waals surface area contributed by atoms with Gasteiger partial charge in [0.05, 0.1) is 12.6 Å². The van der Waals surface area contributed by atoms with Gasteiger partial charge in [0.15, 0.2) is 0 Å². The Kier molecular flexibility index (Phi) is 4.79. The summed E-state index contributed by atoms with van der Waals surface area (Å²) < 4.78 is 2.09. The van der Waals surface area contributed by atoms with Gasteiger partial charge >= 0.3 is 0 Å². The average molecular weight is 274 g/mol. The lowest BCUT2D eigenvalue weighted by Gasteiger charge is -2.13. The second-order valence-electron chi connectivity index (χ2n) is 5.14. The Morgan fingerprint density at radius 2 is 2.15 bits per heavy atom. The number of benzene rings is 1. The molecule has 0 saturated carbocycles. The van der Waals surface area contributed by atoms with Crippen molar-refractivity contribution in [1.82, 2.24) is 9.88 Å². The second-order valence-corrected chi connectivity index (χ2v) is 5.14. The Morgan fingerprint density at radius 1 is 1.40 bits per heavy atom. The standard InChI is InChI=1S/C16H22N2O2/c1-3-13(11-19)17-16(20)9-8-12-10-18(2)15-7-5-4-6-14(12)15/h4-7,10,13,19H,3,8-9,11H2,1-2H3,(H,17,20). The van der Waals surface area contributed by atoms with E-state index in [4.69, 9.17) is 5.11 Å². The molecule has 0 aliphatic heterocycles. The lowest BCUT2D eigenvalue weighted by atomic mass is 10.1. The van der Waals surface area contributed by atoms with Gasteiger partial charge in [-0.3, -0.25) is 4.79 Å². The molecule has 0 aliphatic rings. The molecule has 0 spiro atoms. The number of fused-ring (bicyclic) bond motifs is 1. The predicted octanol–water partition coefficient (Wildman–Crippen LogP) is 2.00. The maximum Gasteiger partial charge on any atom is 0.220 e. The van der Waals surface area contributed by atoms with E-state index in [-0.39, 0.29) is 18.6 Å². The number of aliphatic hydroxyl groups excluding tert-OH is 1. The first-order valence-corrected chi connectivity index (χ1v) is 7.08. The summed E-state index contributed by atoms with van der Waals surface area (Å²) in [5.41, 5.74) is 2.37. The largest absolute Gasteiger partial charge is 0.394 e. The van der Waals surface area contributed by atoms with Crippen molar-refractivity contribution in [2.75, 3.05) is 6.61 Å². The average Bonchev–Trinajstić information content (AvgIpc) is 2.80. The molecule has 1 unspecified atom stereocenters. The zero-order chi connectivity index (χ0) is 14.5. The molecule has 0 radical (unpaired) electrons. The predicted molar refractivity (Wildman–Crippen MR) is 80.5 cm³/mol. The molecular weight excluding hydrogens is 252 g/mol. The number of hydrogen-bond donors (Lipinski definition) is 2. The van der Waals surface area contributed by atoms with Crippen molar-refractivity contribution in [2.24, 2.45) is 7.05 Å². The van der Waals surface area contributed by atoms with Crippen molar-refractivity contribution in [3.63, 3.8) is 0 Å². The van der Waals surface area contributed by atoms with Crippen molar-refractivity contribution in [3.8, 4) is 0 Å². The first kappa shape index (κ1) is 14.6. The van der Waals surface area contributed by atoms with Gasteiger partial charge in [0.1, 0.15) is 0 Å². The third-order valence-corrected chi connectivity index (χ3v) is 3.68. The van der Waals surface area contributed by atoms with Gasteiger partial charge in [-0.25, -0.2) is 0 Å². The first-order chi connectivity index (χ1) is 9.65. The van der Waals surface area contributed by atoms with Crippen LogP contribution in [0, 0.1) is 0 Å². The van der Waals surface area contributed by atoms with Gasteiger partial charge < -0.3 is 15.0 Å². The minimum atomic E-state index is -0.130.